The van der Waals surface area contributed by atoms with Crippen LogP contribution in [-0.2, 0) is 4.74 Å². The van der Waals surface area contributed by atoms with E-state index in [0.29, 0.717) is 11.9 Å². The molecule has 1 aromatic rings. The zero-order chi connectivity index (χ0) is 18.8. The van der Waals surface area contributed by atoms with E-state index in [9.17, 15) is 9.59 Å². The van der Waals surface area contributed by atoms with Crippen LogP contribution in [-0.4, -0.2) is 29.1 Å². The number of amides is 1. The largest absolute Gasteiger partial charge is 0.456 e. The lowest BCUT2D eigenvalue weighted by Gasteiger charge is -2.20. The maximum Gasteiger partial charge on any atom is 0.339 e. The van der Waals surface area contributed by atoms with Gasteiger partial charge in [0.2, 0.25) is 0 Å². The molecular formula is C17H24N4O3S. The molecule has 0 spiro atoms. The molecule has 0 saturated carbocycles. The van der Waals surface area contributed by atoms with Crippen LogP contribution in [0, 0.1) is 0 Å². The van der Waals surface area contributed by atoms with Gasteiger partial charge in [-0.1, -0.05) is 13.3 Å². The fourth-order valence-corrected chi connectivity index (χ4v) is 2.56. The number of hydrogen-bond acceptors (Lipinski definition) is 7. The van der Waals surface area contributed by atoms with E-state index >= 15 is 0 Å². The molecule has 1 atom stereocenters. The number of nitrogens with one attached hydrogen (secondary N) is 1. The van der Waals surface area contributed by atoms with Gasteiger partial charge in [0.05, 0.1) is 16.5 Å². The van der Waals surface area contributed by atoms with Crippen molar-refractivity contribution in [2.75, 3.05) is 6.54 Å². The lowest BCUT2D eigenvalue weighted by molar-refractivity contribution is 0.00673. The first-order valence-corrected chi connectivity index (χ1v) is 8.64. The average Bonchev–Trinajstić information content (AvgIpc) is 2.78. The Morgan fingerprint density at radius 2 is 2.00 bits per heavy atom. The fourth-order valence-electron chi connectivity index (χ4n) is 2.35. The number of nitrogens with two attached hydrogens (primary N) is 1. The Balaban J connectivity index is 2.54. The smallest absolute Gasteiger partial charge is 0.339 e. The van der Waals surface area contributed by atoms with Crippen molar-refractivity contribution in [3.8, 4) is 0 Å². The van der Waals surface area contributed by atoms with Crippen molar-refractivity contribution in [3.05, 3.63) is 34.0 Å². The second-order valence-electron chi connectivity index (χ2n) is 6.88. The molecule has 136 valence electrons. The number of nitrogens with zero attached hydrogens (tertiary/aromatic N) is 2. The Kier molecular flexibility index (Phi) is 5.53. The van der Waals surface area contributed by atoms with Gasteiger partial charge in [-0.3, -0.25) is 10.5 Å². The van der Waals surface area contributed by atoms with Crippen molar-refractivity contribution < 1.29 is 14.3 Å². The molecule has 25 heavy (non-hydrogen) atoms. The summed E-state index contributed by atoms with van der Waals surface area (Å²) in [6.07, 6.45) is 1.77. The summed E-state index contributed by atoms with van der Waals surface area (Å²) >= 11 is 4.15. The number of carbonyl (C=O) groups is 2. The van der Waals surface area contributed by atoms with Gasteiger partial charge in [0.25, 0.3) is 11.0 Å². The third kappa shape index (κ3) is 4.79. The van der Waals surface area contributed by atoms with E-state index < -0.39 is 22.6 Å². The number of carbonyl (C=O) groups excluding carboxylic acids is 2. The molecule has 0 fully saturated rings. The van der Waals surface area contributed by atoms with Crippen molar-refractivity contribution in [1.82, 2.24) is 5.32 Å². The first kappa shape index (κ1) is 19.4. The lowest BCUT2D eigenvalue weighted by atomic mass is 10.0. The molecular weight excluding hydrogens is 340 g/mol. The standard InChI is InChI=1S/C17H24N4O3S/c1-5-6-9-19-14(22)12-10(15(23)24-16(2,3)4)7-8-11-13(12)21-17(18,25)20-11/h7-8,25H,5-6,9,18H2,1-4H3,(H,19,22). The normalized spacial score (nSPS) is 18.8. The van der Waals surface area contributed by atoms with Crippen LogP contribution in [0.25, 0.3) is 0 Å². The minimum absolute atomic E-state index is 0.118. The first-order valence-electron chi connectivity index (χ1n) is 8.19. The molecule has 0 radical (unpaired) electrons. The maximum atomic E-state index is 12.7. The average molecular weight is 364 g/mol. The molecule has 2 rings (SSSR count). The second-order valence-corrected chi connectivity index (χ2v) is 7.54. The highest BCUT2D eigenvalue weighted by molar-refractivity contribution is 7.81. The summed E-state index contributed by atoms with van der Waals surface area (Å²) in [6, 6.07) is 3.10. The van der Waals surface area contributed by atoms with Crippen molar-refractivity contribution >= 4 is 24.5 Å². The number of benzene rings is 1. The summed E-state index contributed by atoms with van der Waals surface area (Å²) in [6.45, 7) is 7.81. The van der Waals surface area contributed by atoms with Gasteiger partial charge in [0, 0.05) is 6.54 Å². The Bertz CT molecular complexity index is 812. The SMILES string of the molecule is CCCCNC(=O)c1c(C(=O)OC(C)(C)C)ccc2c1=NC(N)(S)N=2. The van der Waals surface area contributed by atoms with Crippen molar-refractivity contribution in [2.24, 2.45) is 15.7 Å². The van der Waals surface area contributed by atoms with Gasteiger partial charge < -0.3 is 10.1 Å². The molecule has 8 heteroatoms. The van der Waals surface area contributed by atoms with E-state index in [2.05, 4.69) is 27.9 Å². The van der Waals surface area contributed by atoms with Crippen LogP contribution in [0.1, 0.15) is 61.3 Å². The van der Waals surface area contributed by atoms with E-state index in [1.165, 1.54) is 6.07 Å². The van der Waals surface area contributed by atoms with Crippen LogP contribution in [0.4, 0.5) is 0 Å². The third-order valence-electron chi connectivity index (χ3n) is 3.38. The Hall–Kier alpha value is -1.93. The van der Waals surface area contributed by atoms with Crippen LogP contribution in [0.15, 0.2) is 22.1 Å². The number of esters is 1. The summed E-state index contributed by atoms with van der Waals surface area (Å²) in [4.78, 5) is 33.6. The summed E-state index contributed by atoms with van der Waals surface area (Å²) in [5, 5.41) is 2.03. The highest BCUT2D eigenvalue weighted by Gasteiger charge is 2.29. The number of hydrogen-bond donors (Lipinski definition) is 3. The molecule has 1 aliphatic heterocycles. The third-order valence-corrected chi connectivity index (χ3v) is 3.58. The highest BCUT2D eigenvalue weighted by Crippen LogP contribution is 2.16. The Morgan fingerprint density at radius 3 is 2.60 bits per heavy atom. The fraction of sp³-hybridized carbons (Fsp3) is 0.529. The van der Waals surface area contributed by atoms with Crippen LogP contribution in [0.5, 0.6) is 0 Å². The number of ether oxygens (including phenoxy) is 1. The van der Waals surface area contributed by atoms with Gasteiger partial charge >= 0.3 is 5.97 Å². The van der Waals surface area contributed by atoms with E-state index in [4.69, 9.17) is 10.5 Å². The predicted molar refractivity (Wildman–Crippen MR) is 97.1 cm³/mol. The molecule has 7 nitrogen and oxygen atoms in total. The van der Waals surface area contributed by atoms with Crippen molar-refractivity contribution in [2.45, 2.75) is 51.3 Å². The monoisotopic (exact) mass is 364 g/mol. The predicted octanol–water partition coefficient (Wildman–Crippen LogP) is 0.924. The molecule has 1 aliphatic rings. The van der Waals surface area contributed by atoms with Gasteiger partial charge in [-0.2, -0.15) is 0 Å². The van der Waals surface area contributed by atoms with Gasteiger partial charge in [-0.25, -0.2) is 14.8 Å². The van der Waals surface area contributed by atoms with E-state index in [1.807, 2.05) is 6.92 Å². The molecule has 1 aromatic carbocycles. The van der Waals surface area contributed by atoms with Gasteiger partial charge in [0.1, 0.15) is 11.0 Å². The number of unbranched alkanes of at least 4 members (excludes halogenated alkanes) is 1. The highest BCUT2D eigenvalue weighted by atomic mass is 32.1. The van der Waals surface area contributed by atoms with Crippen molar-refractivity contribution in [3.63, 3.8) is 0 Å². The first-order chi connectivity index (χ1) is 11.5. The zero-order valence-corrected chi connectivity index (χ0v) is 15.8. The van der Waals surface area contributed by atoms with Crippen LogP contribution >= 0.6 is 12.6 Å². The molecule has 0 aromatic heterocycles. The van der Waals surface area contributed by atoms with Crippen LogP contribution < -0.4 is 21.8 Å². The second kappa shape index (κ2) is 7.13. The van der Waals surface area contributed by atoms with Crippen molar-refractivity contribution in [1.29, 1.82) is 0 Å². The molecule has 0 bridgehead atoms. The maximum absolute atomic E-state index is 12.7. The zero-order valence-electron chi connectivity index (χ0n) is 14.9. The molecule has 0 saturated heterocycles. The molecule has 0 aliphatic carbocycles. The number of thiol groups is 1. The lowest BCUT2D eigenvalue weighted by Crippen LogP contribution is -2.38. The van der Waals surface area contributed by atoms with Gasteiger partial charge in [0.15, 0.2) is 0 Å². The molecule has 1 heterocycles. The molecule has 1 unspecified atom stereocenters. The topological polar surface area (TPSA) is 106 Å². The van der Waals surface area contributed by atoms with Gasteiger partial charge in [-0.05, 0) is 39.3 Å². The molecule has 3 N–H and O–H groups in total. The Labute approximate surface area is 152 Å². The number of rotatable bonds is 5. The summed E-state index contributed by atoms with van der Waals surface area (Å²) in [5.41, 5.74) is 5.39. The molecule has 1 amide bonds. The van der Waals surface area contributed by atoms with E-state index in [0.717, 1.165) is 12.8 Å². The summed E-state index contributed by atoms with van der Waals surface area (Å²) < 4.78 is 5.41. The quantitative estimate of drug-likeness (QED) is 0.313. The van der Waals surface area contributed by atoms with E-state index in [1.54, 1.807) is 26.8 Å². The van der Waals surface area contributed by atoms with Gasteiger partial charge in [-0.15, -0.1) is 12.6 Å². The number of fused-ring (bicyclic) bond motifs is 1. The minimum Gasteiger partial charge on any atom is -0.456 e. The minimum atomic E-state index is -1.45. The summed E-state index contributed by atoms with van der Waals surface area (Å²) in [5.74, 6) is -1.00. The van der Waals surface area contributed by atoms with Crippen LogP contribution in [0.2, 0.25) is 0 Å². The summed E-state index contributed by atoms with van der Waals surface area (Å²) in [7, 11) is 0. The Morgan fingerprint density at radius 1 is 1.32 bits per heavy atom. The van der Waals surface area contributed by atoms with E-state index in [-0.39, 0.29) is 16.5 Å². The van der Waals surface area contributed by atoms with Crippen LogP contribution in [0.3, 0.4) is 0 Å².